The minimum absolute atomic E-state index is 0.0164. The minimum atomic E-state index is -4.00. The fraction of sp³-hybridized carbons (Fsp3) is 0.0588. The van der Waals surface area contributed by atoms with Crippen molar-refractivity contribution in [3.8, 4) is 0 Å². The molecule has 0 atom stereocenters. The summed E-state index contributed by atoms with van der Waals surface area (Å²) in [5, 5.41) is 0. The van der Waals surface area contributed by atoms with Crippen LogP contribution in [0.25, 0.3) is 6.08 Å². The van der Waals surface area contributed by atoms with E-state index in [4.69, 9.17) is 12.2 Å². The largest absolute Gasteiger partial charge is 0.280 e. The zero-order valence-corrected chi connectivity index (χ0v) is 15.1. The van der Waals surface area contributed by atoms with E-state index in [1.807, 2.05) is 37.3 Å². The number of sulfonamides is 1. The Kier molecular flexibility index (Phi) is 4.58. The number of rotatable bonds is 3. The molecule has 4 nitrogen and oxygen atoms in total. The Morgan fingerprint density at radius 1 is 1.04 bits per heavy atom. The maximum atomic E-state index is 12.7. The maximum Gasteiger partial charge on any atom is 0.280 e. The predicted octanol–water partition coefficient (Wildman–Crippen LogP) is 3.59. The number of nitrogens with zero attached hydrogens (tertiary/aromatic N) is 1. The van der Waals surface area contributed by atoms with Gasteiger partial charge in [-0.2, -0.15) is 4.31 Å². The third-order valence-electron chi connectivity index (χ3n) is 3.41. The van der Waals surface area contributed by atoms with E-state index in [-0.39, 0.29) is 9.22 Å². The van der Waals surface area contributed by atoms with Gasteiger partial charge in [-0.1, -0.05) is 72.0 Å². The fourth-order valence-electron chi connectivity index (χ4n) is 2.18. The molecular weight excluding hydrogens is 362 g/mol. The van der Waals surface area contributed by atoms with Crippen LogP contribution in [0.1, 0.15) is 11.1 Å². The molecule has 122 valence electrons. The third kappa shape index (κ3) is 3.15. The predicted molar refractivity (Wildman–Crippen MR) is 99.8 cm³/mol. The SMILES string of the molecule is Cc1ccc(S(=O)(=O)N2C(=O)/C(=C\c3ccccc3)SC2=S)cc1. The topological polar surface area (TPSA) is 54.5 Å². The van der Waals surface area contributed by atoms with Gasteiger partial charge in [0.15, 0.2) is 4.32 Å². The molecule has 0 unspecified atom stereocenters. The molecule has 2 aromatic rings. The average Bonchev–Trinajstić information content (AvgIpc) is 2.83. The van der Waals surface area contributed by atoms with Gasteiger partial charge in [-0.3, -0.25) is 4.79 Å². The highest BCUT2D eigenvalue weighted by Crippen LogP contribution is 2.36. The number of thiocarbonyl (C=S) groups is 1. The number of amides is 1. The van der Waals surface area contributed by atoms with Crippen LogP contribution in [0.15, 0.2) is 64.4 Å². The first-order chi connectivity index (χ1) is 11.4. The molecule has 0 radical (unpaired) electrons. The molecule has 1 aliphatic rings. The van der Waals surface area contributed by atoms with Gasteiger partial charge in [-0.05, 0) is 30.7 Å². The molecule has 1 amide bonds. The van der Waals surface area contributed by atoms with E-state index in [0.29, 0.717) is 9.21 Å². The van der Waals surface area contributed by atoms with Crippen LogP contribution in [-0.4, -0.2) is 23.0 Å². The Morgan fingerprint density at radius 2 is 1.67 bits per heavy atom. The Hall–Kier alpha value is -1.96. The Balaban J connectivity index is 1.97. The lowest BCUT2D eigenvalue weighted by atomic mass is 10.2. The highest BCUT2D eigenvalue weighted by atomic mass is 32.2. The number of hydrogen-bond acceptors (Lipinski definition) is 5. The van der Waals surface area contributed by atoms with E-state index in [1.54, 1.807) is 18.2 Å². The standard InChI is InChI=1S/C17H13NO3S3/c1-12-7-9-14(10-8-12)24(20,21)18-16(19)15(23-17(18)22)11-13-5-3-2-4-6-13/h2-11H,1H3/b15-11+. The zero-order chi connectivity index (χ0) is 17.3. The molecule has 0 aliphatic carbocycles. The van der Waals surface area contributed by atoms with E-state index >= 15 is 0 Å². The summed E-state index contributed by atoms with van der Waals surface area (Å²) in [5.41, 5.74) is 1.74. The van der Waals surface area contributed by atoms with Crippen molar-refractivity contribution in [2.45, 2.75) is 11.8 Å². The van der Waals surface area contributed by atoms with Crippen molar-refractivity contribution < 1.29 is 13.2 Å². The molecule has 24 heavy (non-hydrogen) atoms. The monoisotopic (exact) mass is 375 g/mol. The molecule has 0 saturated carbocycles. The lowest BCUT2D eigenvalue weighted by molar-refractivity contribution is -0.119. The Labute approximate surface area is 150 Å². The van der Waals surface area contributed by atoms with Gasteiger partial charge in [-0.15, -0.1) is 0 Å². The van der Waals surface area contributed by atoms with E-state index in [0.717, 1.165) is 22.9 Å². The van der Waals surface area contributed by atoms with Gasteiger partial charge >= 0.3 is 0 Å². The molecule has 2 aromatic carbocycles. The highest BCUT2D eigenvalue weighted by Gasteiger charge is 2.41. The second-order valence-electron chi connectivity index (χ2n) is 5.17. The molecule has 0 aromatic heterocycles. The summed E-state index contributed by atoms with van der Waals surface area (Å²) in [5.74, 6) is -0.616. The first-order valence-corrected chi connectivity index (χ1v) is 9.71. The van der Waals surface area contributed by atoms with Crippen LogP contribution in [-0.2, 0) is 14.8 Å². The summed E-state index contributed by atoms with van der Waals surface area (Å²) < 4.78 is 26.2. The quantitative estimate of drug-likeness (QED) is 0.606. The third-order valence-corrected chi connectivity index (χ3v) is 6.65. The summed E-state index contributed by atoms with van der Waals surface area (Å²) in [4.78, 5) is 12.9. The summed E-state index contributed by atoms with van der Waals surface area (Å²) in [6.45, 7) is 1.86. The van der Waals surface area contributed by atoms with E-state index in [1.165, 1.54) is 12.1 Å². The van der Waals surface area contributed by atoms with Gasteiger partial charge in [0.1, 0.15) is 0 Å². The van der Waals surface area contributed by atoms with Crippen molar-refractivity contribution in [3.05, 3.63) is 70.6 Å². The van der Waals surface area contributed by atoms with Crippen LogP contribution in [0, 0.1) is 6.92 Å². The molecule has 7 heteroatoms. The number of benzene rings is 2. The van der Waals surface area contributed by atoms with E-state index < -0.39 is 15.9 Å². The Morgan fingerprint density at radius 3 is 2.29 bits per heavy atom. The van der Waals surface area contributed by atoms with Crippen molar-refractivity contribution in [2.75, 3.05) is 0 Å². The van der Waals surface area contributed by atoms with Crippen molar-refractivity contribution >= 4 is 50.3 Å². The Bertz CT molecular complexity index is 933. The van der Waals surface area contributed by atoms with Crippen molar-refractivity contribution in [2.24, 2.45) is 0 Å². The zero-order valence-electron chi connectivity index (χ0n) is 12.7. The van der Waals surface area contributed by atoms with Crippen LogP contribution in [0.5, 0.6) is 0 Å². The van der Waals surface area contributed by atoms with Crippen LogP contribution < -0.4 is 0 Å². The van der Waals surface area contributed by atoms with Crippen LogP contribution in [0.4, 0.5) is 0 Å². The lowest BCUT2D eigenvalue weighted by Gasteiger charge is -2.15. The van der Waals surface area contributed by atoms with Crippen LogP contribution in [0.2, 0.25) is 0 Å². The van der Waals surface area contributed by atoms with Crippen LogP contribution in [0.3, 0.4) is 0 Å². The first kappa shape index (κ1) is 16.9. The molecule has 0 bridgehead atoms. The summed E-state index contributed by atoms with van der Waals surface area (Å²) in [6, 6.07) is 15.5. The van der Waals surface area contributed by atoms with Gasteiger partial charge in [0.05, 0.1) is 9.80 Å². The molecule has 1 aliphatic heterocycles. The molecule has 0 N–H and O–H groups in total. The second kappa shape index (κ2) is 6.51. The number of hydrogen-bond donors (Lipinski definition) is 0. The summed E-state index contributed by atoms with van der Waals surface area (Å²) in [7, 11) is -4.00. The van der Waals surface area contributed by atoms with Crippen LogP contribution >= 0.6 is 24.0 Å². The normalized spacial score (nSPS) is 16.9. The minimum Gasteiger partial charge on any atom is -0.267 e. The van der Waals surface area contributed by atoms with Gasteiger partial charge in [0.2, 0.25) is 0 Å². The first-order valence-electron chi connectivity index (χ1n) is 7.04. The number of thioether (sulfide) groups is 1. The highest BCUT2D eigenvalue weighted by molar-refractivity contribution is 8.27. The summed E-state index contributed by atoms with van der Waals surface area (Å²) >= 11 is 6.12. The second-order valence-corrected chi connectivity index (χ2v) is 8.64. The van der Waals surface area contributed by atoms with Gasteiger partial charge in [0.25, 0.3) is 15.9 Å². The fourth-order valence-corrected chi connectivity index (χ4v) is 5.22. The van der Waals surface area contributed by atoms with Gasteiger partial charge in [0, 0.05) is 0 Å². The van der Waals surface area contributed by atoms with E-state index in [2.05, 4.69) is 0 Å². The molecule has 1 heterocycles. The van der Waals surface area contributed by atoms with Crippen molar-refractivity contribution in [3.63, 3.8) is 0 Å². The number of carbonyl (C=O) groups is 1. The molecule has 1 saturated heterocycles. The van der Waals surface area contributed by atoms with Gasteiger partial charge in [-0.25, -0.2) is 8.42 Å². The average molecular weight is 375 g/mol. The van der Waals surface area contributed by atoms with Gasteiger partial charge < -0.3 is 0 Å². The van der Waals surface area contributed by atoms with Crippen molar-refractivity contribution in [1.29, 1.82) is 0 Å². The molecule has 3 rings (SSSR count). The lowest BCUT2D eigenvalue weighted by Crippen LogP contribution is -2.34. The summed E-state index contributed by atoms with van der Waals surface area (Å²) in [6.07, 6.45) is 1.64. The maximum absolute atomic E-state index is 12.7. The number of carbonyl (C=O) groups excluding carboxylic acids is 1. The number of aryl methyl sites for hydroxylation is 1. The smallest absolute Gasteiger partial charge is 0.267 e. The van der Waals surface area contributed by atoms with Crippen molar-refractivity contribution in [1.82, 2.24) is 4.31 Å². The molecular formula is C17H13NO3S3. The molecule has 1 fully saturated rings. The molecule has 0 spiro atoms. The van der Waals surface area contributed by atoms with E-state index in [9.17, 15) is 13.2 Å².